The van der Waals surface area contributed by atoms with Crippen LogP contribution in [0.4, 0.5) is 0 Å². The molecule has 0 spiro atoms. The van der Waals surface area contributed by atoms with Crippen molar-refractivity contribution in [3.8, 4) is 0 Å². The number of likely N-dealkylation sites (tertiary alicyclic amines) is 1. The van der Waals surface area contributed by atoms with Crippen LogP contribution in [-0.2, 0) is 4.74 Å². The molecule has 1 aliphatic rings. The average molecular weight is 191 g/mol. The predicted octanol–water partition coefficient (Wildman–Crippen LogP) is -1.97. The van der Waals surface area contributed by atoms with Crippen LogP contribution in [0.2, 0.25) is 0 Å². The highest BCUT2D eigenvalue weighted by Crippen LogP contribution is 2.17. The largest absolute Gasteiger partial charge is 0.389 e. The summed E-state index contributed by atoms with van der Waals surface area (Å²) in [6, 6.07) is -0.247. The monoisotopic (exact) mass is 191 g/mol. The minimum atomic E-state index is -1.07. The molecule has 0 aromatic heterocycles. The molecule has 0 aromatic rings. The van der Waals surface area contributed by atoms with Crippen molar-refractivity contribution in [1.29, 1.82) is 0 Å². The Morgan fingerprint density at radius 2 is 1.92 bits per heavy atom. The molecular weight excluding hydrogens is 174 g/mol. The maximum atomic E-state index is 9.58. The molecule has 78 valence electrons. The SMILES string of the molecule is COC[C@@H]1[C@@H](O)[C@H](O)[C@@H](O)CN1C. The molecule has 1 heterocycles. The highest BCUT2D eigenvalue weighted by atomic mass is 16.5. The van der Waals surface area contributed by atoms with E-state index in [1.165, 1.54) is 7.11 Å². The van der Waals surface area contributed by atoms with Crippen molar-refractivity contribution in [1.82, 2.24) is 4.90 Å². The third-order valence-corrected chi connectivity index (χ3v) is 2.52. The van der Waals surface area contributed by atoms with E-state index in [4.69, 9.17) is 4.74 Å². The lowest BCUT2D eigenvalue weighted by Gasteiger charge is -2.41. The number of hydrogen-bond donors (Lipinski definition) is 3. The fourth-order valence-electron chi connectivity index (χ4n) is 1.65. The molecular formula is C8H17NO4. The number of nitrogens with zero attached hydrogens (tertiary/aromatic N) is 1. The summed E-state index contributed by atoms with van der Waals surface area (Å²) >= 11 is 0. The second-order valence-corrected chi connectivity index (χ2v) is 3.51. The number of methoxy groups -OCH3 is 1. The van der Waals surface area contributed by atoms with E-state index in [0.717, 1.165) is 0 Å². The molecule has 5 nitrogen and oxygen atoms in total. The molecule has 1 aliphatic heterocycles. The van der Waals surface area contributed by atoms with Gasteiger partial charge in [0.05, 0.1) is 18.8 Å². The van der Waals surface area contributed by atoms with Crippen molar-refractivity contribution in [2.75, 3.05) is 27.3 Å². The number of piperidine rings is 1. The summed E-state index contributed by atoms with van der Waals surface area (Å²) in [4.78, 5) is 1.78. The van der Waals surface area contributed by atoms with E-state index >= 15 is 0 Å². The molecule has 1 saturated heterocycles. The minimum absolute atomic E-state index is 0.247. The zero-order valence-electron chi connectivity index (χ0n) is 7.92. The van der Waals surface area contributed by atoms with E-state index in [1.807, 2.05) is 0 Å². The van der Waals surface area contributed by atoms with Crippen LogP contribution < -0.4 is 0 Å². The van der Waals surface area contributed by atoms with Crippen LogP contribution in [-0.4, -0.2) is 71.9 Å². The first-order chi connectivity index (χ1) is 6.07. The minimum Gasteiger partial charge on any atom is -0.389 e. The van der Waals surface area contributed by atoms with E-state index in [2.05, 4.69) is 0 Å². The molecule has 0 saturated carbocycles. The summed E-state index contributed by atoms with van der Waals surface area (Å²) in [5.74, 6) is 0. The Morgan fingerprint density at radius 3 is 2.46 bits per heavy atom. The average Bonchev–Trinajstić information content (AvgIpc) is 2.09. The summed E-state index contributed by atoms with van der Waals surface area (Å²) in [5.41, 5.74) is 0. The van der Waals surface area contributed by atoms with Gasteiger partial charge in [0, 0.05) is 13.7 Å². The number of aliphatic hydroxyl groups is 3. The molecule has 0 amide bonds. The fraction of sp³-hybridized carbons (Fsp3) is 1.00. The standard InChI is InChI=1S/C8H17NO4/c1-9-3-6(10)8(12)7(11)5(9)4-13-2/h5-8,10-12H,3-4H2,1-2H3/t5-,6+,7-,8-/m1/s1. The van der Waals surface area contributed by atoms with Crippen molar-refractivity contribution in [3.05, 3.63) is 0 Å². The van der Waals surface area contributed by atoms with Gasteiger partial charge in [0.15, 0.2) is 0 Å². The quantitative estimate of drug-likeness (QED) is 0.472. The van der Waals surface area contributed by atoms with Crippen LogP contribution in [0, 0.1) is 0 Å². The van der Waals surface area contributed by atoms with Gasteiger partial charge in [0.2, 0.25) is 0 Å². The number of hydrogen-bond acceptors (Lipinski definition) is 5. The molecule has 3 N–H and O–H groups in total. The molecule has 0 aromatic carbocycles. The third-order valence-electron chi connectivity index (χ3n) is 2.52. The number of likely N-dealkylation sites (N-methyl/N-ethyl adjacent to an activating group) is 1. The first-order valence-corrected chi connectivity index (χ1v) is 4.31. The normalized spacial score (nSPS) is 42.2. The molecule has 0 aliphatic carbocycles. The number of β-amino-alcohol motifs (C(OH)–C–C–N with tert-alkyl or cyclic N) is 1. The third kappa shape index (κ3) is 2.18. The number of aliphatic hydroxyl groups excluding tert-OH is 3. The number of ether oxygens (including phenoxy) is 1. The molecule has 4 atom stereocenters. The highest BCUT2D eigenvalue weighted by molar-refractivity contribution is 4.92. The molecule has 0 radical (unpaired) electrons. The van der Waals surface area contributed by atoms with Gasteiger partial charge in [0.1, 0.15) is 12.2 Å². The van der Waals surface area contributed by atoms with Crippen molar-refractivity contribution in [2.24, 2.45) is 0 Å². The summed E-state index contributed by atoms with van der Waals surface area (Å²) in [6.07, 6.45) is -2.90. The van der Waals surface area contributed by atoms with E-state index in [1.54, 1.807) is 11.9 Å². The second kappa shape index (κ2) is 4.34. The van der Waals surface area contributed by atoms with Crippen LogP contribution in [0.3, 0.4) is 0 Å². The van der Waals surface area contributed by atoms with Gasteiger partial charge in [-0.15, -0.1) is 0 Å². The Bertz CT molecular complexity index is 166. The summed E-state index contributed by atoms with van der Waals surface area (Å²) in [6.45, 7) is 0.702. The fourth-order valence-corrected chi connectivity index (χ4v) is 1.65. The molecule has 0 bridgehead atoms. The lowest BCUT2D eigenvalue weighted by molar-refractivity contribution is -0.141. The topological polar surface area (TPSA) is 73.2 Å². The van der Waals surface area contributed by atoms with E-state index in [-0.39, 0.29) is 6.04 Å². The van der Waals surface area contributed by atoms with Gasteiger partial charge in [0.25, 0.3) is 0 Å². The Labute approximate surface area is 77.5 Å². The first kappa shape index (κ1) is 10.9. The lowest BCUT2D eigenvalue weighted by atomic mass is 9.95. The van der Waals surface area contributed by atoms with Gasteiger partial charge in [-0.2, -0.15) is 0 Å². The molecule has 13 heavy (non-hydrogen) atoms. The van der Waals surface area contributed by atoms with Crippen LogP contribution in [0.1, 0.15) is 0 Å². The maximum absolute atomic E-state index is 9.58. The van der Waals surface area contributed by atoms with Crippen molar-refractivity contribution < 1.29 is 20.1 Å². The van der Waals surface area contributed by atoms with E-state index in [0.29, 0.717) is 13.2 Å². The Balaban J connectivity index is 2.61. The number of rotatable bonds is 2. The van der Waals surface area contributed by atoms with Crippen molar-refractivity contribution >= 4 is 0 Å². The zero-order chi connectivity index (χ0) is 10.0. The Morgan fingerprint density at radius 1 is 1.31 bits per heavy atom. The lowest BCUT2D eigenvalue weighted by Crippen LogP contribution is -2.61. The van der Waals surface area contributed by atoms with Crippen molar-refractivity contribution in [3.63, 3.8) is 0 Å². The van der Waals surface area contributed by atoms with E-state index in [9.17, 15) is 15.3 Å². The maximum Gasteiger partial charge on any atom is 0.109 e. The van der Waals surface area contributed by atoms with Crippen molar-refractivity contribution in [2.45, 2.75) is 24.4 Å². The van der Waals surface area contributed by atoms with E-state index < -0.39 is 18.3 Å². The van der Waals surface area contributed by atoms with Crippen LogP contribution in [0.15, 0.2) is 0 Å². The van der Waals surface area contributed by atoms with Gasteiger partial charge in [-0.05, 0) is 7.05 Å². The molecule has 1 rings (SSSR count). The van der Waals surface area contributed by atoms with Crippen LogP contribution in [0.25, 0.3) is 0 Å². The molecule has 1 fully saturated rings. The summed E-state index contributed by atoms with van der Waals surface area (Å²) < 4.78 is 4.91. The highest BCUT2D eigenvalue weighted by Gasteiger charge is 2.39. The van der Waals surface area contributed by atoms with Gasteiger partial charge in [-0.3, -0.25) is 4.90 Å². The second-order valence-electron chi connectivity index (χ2n) is 3.51. The predicted molar refractivity (Wildman–Crippen MR) is 46.3 cm³/mol. The molecule has 0 unspecified atom stereocenters. The van der Waals surface area contributed by atoms with Gasteiger partial charge >= 0.3 is 0 Å². The van der Waals surface area contributed by atoms with Crippen LogP contribution >= 0.6 is 0 Å². The zero-order valence-corrected chi connectivity index (χ0v) is 7.92. The first-order valence-electron chi connectivity index (χ1n) is 4.31. The summed E-state index contributed by atoms with van der Waals surface area (Å²) in [5, 5.41) is 28.3. The Kier molecular flexibility index (Phi) is 3.63. The van der Waals surface area contributed by atoms with Gasteiger partial charge in [-0.1, -0.05) is 0 Å². The van der Waals surface area contributed by atoms with Gasteiger partial charge in [-0.25, -0.2) is 0 Å². The molecule has 5 heteroatoms. The smallest absolute Gasteiger partial charge is 0.109 e. The van der Waals surface area contributed by atoms with Gasteiger partial charge < -0.3 is 20.1 Å². The van der Waals surface area contributed by atoms with Crippen LogP contribution in [0.5, 0.6) is 0 Å². The summed E-state index contributed by atoms with van der Waals surface area (Å²) in [7, 11) is 3.32. The Hall–Kier alpha value is -0.200.